The molecule has 18 heavy (non-hydrogen) atoms. The Balaban J connectivity index is 2.10. The molecular weight excluding hydrogens is 239 g/mol. The van der Waals surface area contributed by atoms with Crippen molar-refractivity contribution >= 4 is 5.97 Å². The predicted octanol–water partition coefficient (Wildman–Crippen LogP) is 1.98. The number of benzene rings is 1. The van der Waals surface area contributed by atoms with E-state index in [4.69, 9.17) is 9.26 Å². The van der Waals surface area contributed by atoms with Gasteiger partial charge in [0, 0.05) is 5.56 Å². The first-order chi connectivity index (χ1) is 8.69. The molecule has 0 radical (unpaired) electrons. The molecule has 0 N–H and O–H groups in total. The van der Waals surface area contributed by atoms with Gasteiger partial charge in [-0.15, -0.1) is 0 Å². The Bertz CT molecular complexity index is 537. The van der Waals surface area contributed by atoms with Crippen LogP contribution in [0.2, 0.25) is 0 Å². The van der Waals surface area contributed by atoms with Gasteiger partial charge < -0.3 is 9.26 Å². The molecule has 0 unspecified atom stereocenters. The molecule has 0 aliphatic heterocycles. The molecule has 0 atom stereocenters. The Labute approximate surface area is 103 Å². The number of carbonyl (C=O) groups is 1. The lowest BCUT2D eigenvalue weighted by molar-refractivity contribution is -0.142. The molecule has 1 aromatic carbocycles. The molecule has 0 aliphatic rings. The van der Waals surface area contributed by atoms with Crippen molar-refractivity contribution in [3.8, 4) is 11.5 Å². The standard InChI is InChI=1S/C12H11FN2O3/c1-2-17-11(16)7-10-14-12(18-15-10)8-3-5-9(13)6-4-8/h3-6H,2,7H2,1H3. The fourth-order valence-electron chi connectivity index (χ4n) is 1.38. The number of hydrogen-bond acceptors (Lipinski definition) is 5. The van der Waals surface area contributed by atoms with Crippen LogP contribution in [0.1, 0.15) is 12.7 Å². The molecular formula is C12H11FN2O3. The highest BCUT2D eigenvalue weighted by atomic mass is 19.1. The topological polar surface area (TPSA) is 65.2 Å². The zero-order chi connectivity index (χ0) is 13.0. The lowest BCUT2D eigenvalue weighted by Crippen LogP contribution is -2.08. The van der Waals surface area contributed by atoms with Crippen molar-refractivity contribution in [2.75, 3.05) is 6.61 Å². The summed E-state index contributed by atoms with van der Waals surface area (Å²) in [5, 5.41) is 3.66. The minimum atomic E-state index is -0.413. The summed E-state index contributed by atoms with van der Waals surface area (Å²) < 4.78 is 22.5. The number of rotatable bonds is 4. The van der Waals surface area contributed by atoms with Gasteiger partial charge in [0.05, 0.1) is 6.61 Å². The predicted molar refractivity (Wildman–Crippen MR) is 60.0 cm³/mol. The van der Waals surface area contributed by atoms with E-state index in [1.807, 2.05) is 0 Å². The first-order valence-corrected chi connectivity index (χ1v) is 5.43. The van der Waals surface area contributed by atoms with Crippen LogP contribution < -0.4 is 0 Å². The van der Waals surface area contributed by atoms with Gasteiger partial charge in [0.2, 0.25) is 0 Å². The highest BCUT2D eigenvalue weighted by Gasteiger charge is 2.12. The van der Waals surface area contributed by atoms with Crippen LogP contribution in [0.5, 0.6) is 0 Å². The summed E-state index contributed by atoms with van der Waals surface area (Å²) in [6.07, 6.45) is -0.0431. The quantitative estimate of drug-likeness (QED) is 0.776. The normalized spacial score (nSPS) is 10.3. The van der Waals surface area contributed by atoms with Crippen molar-refractivity contribution in [2.24, 2.45) is 0 Å². The Hall–Kier alpha value is -2.24. The number of aromatic nitrogens is 2. The average molecular weight is 250 g/mol. The second-order valence-electron chi connectivity index (χ2n) is 3.50. The van der Waals surface area contributed by atoms with Crippen molar-refractivity contribution in [2.45, 2.75) is 13.3 Å². The highest BCUT2D eigenvalue weighted by Crippen LogP contribution is 2.17. The number of carbonyl (C=O) groups excluding carboxylic acids is 1. The van der Waals surface area contributed by atoms with Crippen molar-refractivity contribution < 1.29 is 18.4 Å². The third-order valence-corrected chi connectivity index (χ3v) is 2.17. The molecule has 1 heterocycles. The van der Waals surface area contributed by atoms with E-state index in [0.29, 0.717) is 12.2 Å². The van der Waals surface area contributed by atoms with Crippen LogP contribution in [0.15, 0.2) is 28.8 Å². The molecule has 2 aromatic rings. The van der Waals surface area contributed by atoms with Crippen molar-refractivity contribution in [3.63, 3.8) is 0 Å². The average Bonchev–Trinajstić information content (AvgIpc) is 2.78. The minimum absolute atomic E-state index is 0.0431. The maximum Gasteiger partial charge on any atom is 0.313 e. The Morgan fingerprint density at radius 2 is 2.11 bits per heavy atom. The lowest BCUT2D eigenvalue weighted by atomic mass is 10.2. The SMILES string of the molecule is CCOC(=O)Cc1noc(-c2ccc(F)cc2)n1. The van der Waals surface area contributed by atoms with Crippen LogP contribution in [0.3, 0.4) is 0 Å². The largest absolute Gasteiger partial charge is 0.466 e. The number of halogens is 1. The molecule has 0 spiro atoms. The van der Waals surface area contributed by atoms with Crippen molar-refractivity contribution in [3.05, 3.63) is 35.9 Å². The van der Waals surface area contributed by atoms with Gasteiger partial charge in [0.15, 0.2) is 5.82 Å². The van der Waals surface area contributed by atoms with Gasteiger partial charge in [0.25, 0.3) is 5.89 Å². The Morgan fingerprint density at radius 3 is 2.78 bits per heavy atom. The van der Waals surface area contributed by atoms with E-state index in [2.05, 4.69) is 10.1 Å². The third-order valence-electron chi connectivity index (χ3n) is 2.17. The van der Waals surface area contributed by atoms with E-state index < -0.39 is 5.97 Å². The fraction of sp³-hybridized carbons (Fsp3) is 0.250. The maximum absolute atomic E-state index is 12.7. The molecule has 5 nitrogen and oxygen atoms in total. The van der Waals surface area contributed by atoms with Crippen LogP contribution >= 0.6 is 0 Å². The van der Waals surface area contributed by atoms with E-state index in [1.54, 1.807) is 6.92 Å². The van der Waals surface area contributed by atoms with Crippen molar-refractivity contribution in [1.82, 2.24) is 10.1 Å². The van der Waals surface area contributed by atoms with Gasteiger partial charge in [-0.05, 0) is 31.2 Å². The zero-order valence-electron chi connectivity index (χ0n) is 9.72. The van der Waals surface area contributed by atoms with Gasteiger partial charge in [-0.2, -0.15) is 4.98 Å². The van der Waals surface area contributed by atoms with Crippen LogP contribution in [0.25, 0.3) is 11.5 Å². The van der Waals surface area contributed by atoms with Crippen LogP contribution in [0.4, 0.5) is 4.39 Å². The molecule has 0 aliphatic carbocycles. The third kappa shape index (κ3) is 2.91. The molecule has 0 bridgehead atoms. The summed E-state index contributed by atoms with van der Waals surface area (Å²) >= 11 is 0. The molecule has 94 valence electrons. The molecule has 1 aromatic heterocycles. The summed E-state index contributed by atoms with van der Waals surface area (Å²) in [6, 6.07) is 5.64. The Morgan fingerprint density at radius 1 is 1.39 bits per heavy atom. The summed E-state index contributed by atoms with van der Waals surface area (Å²) in [5.74, 6) is -0.268. The first kappa shape index (κ1) is 12.2. The number of hydrogen-bond donors (Lipinski definition) is 0. The van der Waals surface area contributed by atoms with Gasteiger partial charge in [-0.25, -0.2) is 4.39 Å². The molecule has 0 amide bonds. The molecule has 6 heteroatoms. The van der Waals surface area contributed by atoms with Crippen LogP contribution in [0, 0.1) is 5.82 Å². The molecule has 0 fully saturated rings. The van der Waals surface area contributed by atoms with Crippen LogP contribution in [-0.2, 0) is 16.0 Å². The number of ether oxygens (including phenoxy) is 1. The summed E-state index contributed by atoms with van der Waals surface area (Å²) in [6.45, 7) is 2.03. The van der Waals surface area contributed by atoms with E-state index in [9.17, 15) is 9.18 Å². The van der Waals surface area contributed by atoms with E-state index in [-0.39, 0.29) is 24.0 Å². The molecule has 0 saturated carbocycles. The summed E-state index contributed by atoms with van der Waals surface area (Å²) in [7, 11) is 0. The highest BCUT2D eigenvalue weighted by molar-refractivity contribution is 5.71. The first-order valence-electron chi connectivity index (χ1n) is 5.43. The zero-order valence-corrected chi connectivity index (χ0v) is 9.72. The second kappa shape index (κ2) is 5.39. The smallest absolute Gasteiger partial charge is 0.313 e. The van der Waals surface area contributed by atoms with Gasteiger partial charge in [-0.1, -0.05) is 5.16 Å². The maximum atomic E-state index is 12.7. The van der Waals surface area contributed by atoms with Gasteiger partial charge >= 0.3 is 5.97 Å². The summed E-state index contributed by atoms with van der Waals surface area (Å²) in [5.41, 5.74) is 0.596. The van der Waals surface area contributed by atoms with Gasteiger partial charge in [-0.3, -0.25) is 4.79 Å². The number of esters is 1. The van der Waals surface area contributed by atoms with E-state index in [0.717, 1.165) is 0 Å². The van der Waals surface area contributed by atoms with Gasteiger partial charge in [0.1, 0.15) is 12.2 Å². The number of nitrogens with zero attached hydrogens (tertiary/aromatic N) is 2. The summed E-state index contributed by atoms with van der Waals surface area (Å²) in [4.78, 5) is 15.2. The Kier molecular flexibility index (Phi) is 3.66. The molecule has 0 saturated heterocycles. The lowest BCUT2D eigenvalue weighted by Gasteiger charge is -1.96. The minimum Gasteiger partial charge on any atom is -0.466 e. The monoisotopic (exact) mass is 250 g/mol. The fourth-order valence-corrected chi connectivity index (χ4v) is 1.38. The van der Waals surface area contributed by atoms with Crippen LogP contribution in [-0.4, -0.2) is 22.7 Å². The molecule has 2 rings (SSSR count). The van der Waals surface area contributed by atoms with Crippen molar-refractivity contribution in [1.29, 1.82) is 0 Å². The second-order valence-corrected chi connectivity index (χ2v) is 3.50. The van der Waals surface area contributed by atoms with E-state index >= 15 is 0 Å². The van der Waals surface area contributed by atoms with E-state index in [1.165, 1.54) is 24.3 Å².